The average molecular weight is 1170 g/mol. The Morgan fingerprint density at radius 1 is 0.278 bits per heavy atom. The van der Waals surface area contributed by atoms with Gasteiger partial charge in [0.2, 0.25) is 0 Å². The molecule has 0 amide bonds. The van der Waals surface area contributed by atoms with Crippen LogP contribution in [0.25, 0.3) is 176 Å². The van der Waals surface area contributed by atoms with Gasteiger partial charge in [-0.3, -0.25) is 0 Å². The van der Waals surface area contributed by atoms with E-state index in [1.807, 2.05) is 78.1 Å². The van der Waals surface area contributed by atoms with Crippen LogP contribution in [0.1, 0.15) is 0 Å². The van der Waals surface area contributed by atoms with Crippen molar-refractivity contribution in [2.45, 2.75) is 0 Å². The van der Waals surface area contributed by atoms with E-state index < -0.39 is 0 Å². The lowest BCUT2D eigenvalue weighted by Gasteiger charge is -2.13. The lowest BCUT2D eigenvalue weighted by Crippen LogP contribution is -2.00. The zero-order chi connectivity index (χ0) is 59.5. The first kappa shape index (κ1) is 52.4. The third-order valence-corrected chi connectivity index (χ3v) is 18.1. The lowest BCUT2D eigenvalue weighted by atomic mass is 9.99. The molecule has 0 aliphatic rings. The third-order valence-electron chi connectivity index (χ3n) is 16.9. The number of furan rings is 1. The standard InChI is InChI=1S/C41H25N5.C40H24N2OS/c1-3-14-28(15-4-1)36-32-24-22-26-12-7-9-18-30(26)38(32)45-40(43-36)34-20-11-21-35(42-34)41-44-37(29-16-5-2-6-17-29)33-25-23-27-13-8-10-19-31(27)39(33)46-41;1-2-8-25(9-3-1)26-16-18-27(19-17-26)28-20-21-35-34(23-28)38-39(43-35)37(41-24-42-38)30-11-6-10-29(22-30)31-13-7-14-33-32-12-4-5-15-36(32)44-40(31)33/h1-25H;1-24H. The van der Waals surface area contributed by atoms with Crippen LogP contribution in [0, 0.1) is 0 Å². The maximum Gasteiger partial charge on any atom is 0.180 e. The Kier molecular flexibility index (Phi) is 12.9. The molecule has 18 aromatic rings. The summed E-state index contributed by atoms with van der Waals surface area (Å²) >= 11 is 1.85. The monoisotopic (exact) mass is 1170 g/mol. The highest BCUT2D eigenvalue weighted by Gasteiger charge is 2.21. The van der Waals surface area contributed by atoms with Gasteiger partial charge in [0.15, 0.2) is 17.2 Å². The normalized spacial score (nSPS) is 11.6. The molecule has 0 radical (unpaired) electrons. The topological polar surface area (TPSA) is 103 Å². The number of hydrogen-bond acceptors (Lipinski definition) is 9. The minimum atomic E-state index is 0.555. The van der Waals surface area contributed by atoms with E-state index in [4.69, 9.17) is 34.3 Å². The largest absolute Gasteiger partial charge is 0.452 e. The number of rotatable bonds is 8. The van der Waals surface area contributed by atoms with Crippen molar-refractivity contribution in [1.29, 1.82) is 0 Å². The number of thiophene rings is 1. The lowest BCUT2D eigenvalue weighted by molar-refractivity contribution is 0.667. The molecule has 6 aromatic heterocycles. The van der Waals surface area contributed by atoms with Crippen LogP contribution in [-0.4, -0.2) is 34.9 Å². The van der Waals surface area contributed by atoms with Gasteiger partial charge in [-0.1, -0.05) is 243 Å². The maximum absolute atomic E-state index is 6.44. The second-order valence-corrected chi connectivity index (χ2v) is 23.4. The van der Waals surface area contributed by atoms with Crippen molar-refractivity contribution in [2.75, 3.05) is 0 Å². The molecule has 12 aromatic carbocycles. The van der Waals surface area contributed by atoms with Crippen LogP contribution in [0.5, 0.6) is 0 Å². The van der Waals surface area contributed by atoms with Gasteiger partial charge in [0, 0.05) is 63.8 Å². The zero-order valence-corrected chi connectivity index (χ0v) is 49.1. The Morgan fingerprint density at radius 3 is 1.42 bits per heavy atom. The van der Waals surface area contributed by atoms with E-state index in [1.54, 1.807) is 6.33 Å². The maximum atomic E-state index is 6.44. The Hall–Kier alpha value is -11.9. The second-order valence-electron chi connectivity index (χ2n) is 22.3. The molecule has 0 atom stereocenters. The first-order valence-corrected chi connectivity index (χ1v) is 30.7. The van der Waals surface area contributed by atoms with E-state index in [-0.39, 0.29) is 0 Å². The average Bonchev–Trinajstić information content (AvgIpc) is 1.63. The summed E-state index contributed by atoms with van der Waals surface area (Å²) in [5.74, 6) is 1.11. The summed E-state index contributed by atoms with van der Waals surface area (Å²) in [5, 5.41) is 10.0. The number of pyridine rings is 1. The fourth-order valence-electron chi connectivity index (χ4n) is 12.5. The molecule has 0 bridgehead atoms. The van der Waals surface area contributed by atoms with Gasteiger partial charge in [-0.25, -0.2) is 34.9 Å². The summed E-state index contributed by atoms with van der Waals surface area (Å²) in [6.07, 6.45) is 1.65. The van der Waals surface area contributed by atoms with Crippen molar-refractivity contribution in [3.8, 4) is 90.2 Å². The Morgan fingerprint density at radius 2 is 0.778 bits per heavy atom. The highest BCUT2D eigenvalue weighted by atomic mass is 32.1. The molecule has 420 valence electrons. The van der Waals surface area contributed by atoms with Gasteiger partial charge in [-0.2, -0.15) is 0 Å². The molecule has 0 spiro atoms. The summed E-state index contributed by atoms with van der Waals surface area (Å²) in [5.41, 5.74) is 18.1. The Labute approximate surface area is 520 Å². The molecule has 0 unspecified atom stereocenters. The van der Waals surface area contributed by atoms with E-state index >= 15 is 0 Å². The number of aromatic nitrogens is 7. The molecular formula is C81H49N7OS. The fraction of sp³-hybridized carbons (Fsp3) is 0. The molecule has 0 aliphatic carbocycles. The predicted molar refractivity (Wildman–Crippen MR) is 371 cm³/mol. The van der Waals surface area contributed by atoms with E-state index in [1.165, 1.54) is 36.9 Å². The molecule has 90 heavy (non-hydrogen) atoms. The number of benzene rings is 12. The van der Waals surface area contributed by atoms with Crippen molar-refractivity contribution in [3.05, 3.63) is 298 Å². The van der Waals surface area contributed by atoms with Gasteiger partial charge < -0.3 is 4.42 Å². The zero-order valence-electron chi connectivity index (χ0n) is 48.2. The molecule has 0 saturated carbocycles. The van der Waals surface area contributed by atoms with Gasteiger partial charge in [-0.05, 0) is 92.7 Å². The minimum Gasteiger partial charge on any atom is -0.452 e. The first-order chi connectivity index (χ1) is 44.6. The minimum absolute atomic E-state index is 0.555. The van der Waals surface area contributed by atoms with E-state index in [2.05, 4.69) is 229 Å². The summed E-state index contributed by atoms with van der Waals surface area (Å²) in [7, 11) is 0. The van der Waals surface area contributed by atoms with E-state index in [9.17, 15) is 0 Å². The first-order valence-electron chi connectivity index (χ1n) is 29.9. The number of fused-ring (bicyclic) bond motifs is 12. The molecule has 0 saturated heterocycles. The van der Waals surface area contributed by atoms with Gasteiger partial charge in [0.25, 0.3) is 0 Å². The molecule has 8 nitrogen and oxygen atoms in total. The molecule has 18 rings (SSSR count). The van der Waals surface area contributed by atoms with Gasteiger partial charge in [0.1, 0.15) is 34.5 Å². The number of nitrogens with zero attached hydrogens (tertiary/aromatic N) is 7. The quantitative estimate of drug-likeness (QED) is 0.139. The van der Waals surface area contributed by atoms with Crippen LogP contribution in [-0.2, 0) is 0 Å². The van der Waals surface area contributed by atoms with Crippen molar-refractivity contribution < 1.29 is 4.42 Å². The van der Waals surface area contributed by atoms with Crippen molar-refractivity contribution in [1.82, 2.24) is 34.9 Å². The summed E-state index contributed by atoms with van der Waals surface area (Å²) in [6, 6.07) is 101. The third kappa shape index (κ3) is 9.36. The van der Waals surface area contributed by atoms with Crippen molar-refractivity contribution >= 4 is 96.9 Å². The molecule has 6 heterocycles. The van der Waals surface area contributed by atoms with Crippen LogP contribution in [0.3, 0.4) is 0 Å². The highest BCUT2D eigenvalue weighted by Crippen LogP contribution is 2.43. The fourth-order valence-corrected chi connectivity index (χ4v) is 13.8. The Bertz CT molecular complexity index is 5620. The van der Waals surface area contributed by atoms with E-state index in [0.717, 1.165) is 110 Å². The van der Waals surface area contributed by atoms with Crippen LogP contribution in [0.2, 0.25) is 0 Å². The SMILES string of the molecule is c1ccc(-c2ccc(-c3ccc4oc5c(-c6cccc(-c7cccc8c7sc7ccccc78)c6)ncnc5c4c3)cc2)cc1.c1ccc(-c2nc(-c3cccc(-c4nc(-c5ccccc5)c5ccc6ccccc6c5n4)n3)nc3c2ccc2ccccc23)cc1. The molecule has 9 heteroatoms. The van der Waals surface area contributed by atoms with Gasteiger partial charge in [-0.15, -0.1) is 11.3 Å². The second kappa shape index (κ2) is 22.1. The van der Waals surface area contributed by atoms with Crippen molar-refractivity contribution in [3.63, 3.8) is 0 Å². The molecule has 0 aliphatic heterocycles. The van der Waals surface area contributed by atoms with Crippen LogP contribution in [0.4, 0.5) is 0 Å². The summed E-state index contributed by atoms with van der Waals surface area (Å²) < 4.78 is 9.04. The van der Waals surface area contributed by atoms with Gasteiger partial charge >= 0.3 is 0 Å². The van der Waals surface area contributed by atoms with Crippen LogP contribution >= 0.6 is 11.3 Å². The Balaban J connectivity index is 0.000000139. The van der Waals surface area contributed by atoms with Crippen LogP contribution < -0.4 is 0 Å². The molecular weight excluding hydrogens is 1120 g/mol. The van der Waals surface area contributed by atoms with Crippen molar-refractivity contribution in [2.24, 2.45) is 0 Å². The van der Waals surface area contributed by atoms with Crippen LogP contribution in [0.15, 0.2) is 302 Å². The summed E-state index contributed by atoms with van der Waals surface area (Å²) in [4.78, 5) is 35.0. The predicted octanol–water partition coefficient (Wildman–Crippen LogP) is 21.4. The van der Waals surface area contributed by atoms with E-state index in [0.29, 0.717) is 28.6 Å². The highest BCUT2D eigenvalue weighted by molar-refractivity contribution is 7.26. The van der Waals surface area contributed by atoms with Gasteiger partial charge in [0.05, 0.1) is 22.4 Å². The summed E-state index contributed by atoms with van der Waals surface area (Å²) in [6.45, 7) is 0. The smallest absolute Gasteiger partial charge is 0.180 e. The number of hydrogen-bond donors (Lipinski definition) is 0. The molecule has 0 fully saturated rings. The molecule has 0 N–H and O–H groups in total.